The number of hydrogen-bond acceptors (Lipinski definition) is 4. The summed E-state index contributed by atoms with van der Waals surface area (Å²) in [6, 6.07) is 6.85. The third-order valence-electron chi connectivity index (χ3n) is 3.98. The lowest BCUT2D eigenvalue weighted by Gasteiger charge is -2.07. The molecule has 1 heterocycles. The lowest BCUT2D eigenvalue weighted by atomic mass is 10.2. The second-order valence-corrected chi connectivity index (χ2v) is 6.76. The number of thiazole rings is 1. The van der Waals surface area contributed by atoms with Gasteiger partial charge in [0.25, 0.3) is 5.91 Å². The Hall–Kier alpha value is -2.74. The molecular weight excluding hydrogens is 374 g/mol. The summed E-state index contributed by atoms with van der Waals surface area (Å²) in [6.45, 7) is 2.38. The van der Waals surface area contributed by atoms with Crippen LogP contribution in [0.4, 0.5) is 8.78 Å². The highest BCUT2D eigenvalue weighted by Gasteiger charge is 2.16. The summed E-state index contributed by atoms with van der Waals surface area (Å²) in [5.41, 5.74) is 0.502. The number of amides is 1. The van der Waals surface area contributed by atoms with Crippen molar-refractivity contribution in [2.45, 2.75) is 19.9 Å². The molecule has 27 heavy (non-hydrogen) atoms. The van der Waals surface area contributed by atoms with Crippen LogP contribution >= 0.6 is 11.3 Å². The Bertz CT molecular complexity index is 1070. The number of fused-ring (bicyclic) bond motifs is 1. The van der Waals surface area contributed by atoms with Crippen molar-refractivity contribution in [1.29, 1.82) is 0 Å². The Morgan fingerprint density at radius 1 is 1.19 bits per heavy atom. The third-order valence-corrected chi connectivity index (χ3v) is 5.00. The van der Waals surface area contributed by atoms with Gasteiger partial charge in [0.15, 0.2) is 10.6 Å². The lowest BCUT2D eigenvalue weighted by Crippen LogP contribution is -2.17. The second kappa shape index (κ2) is 7.87. The number of halogens is 2. The molecule has 0 fully saturated rings. The summed E-state index contributed by atoms with van der Waals surface area (Å²) in [5, 5.41) is 0. The number of rotatable bonds is 5. The number of methoxy groups -OCH3 is 2. The van der Waals surface area contributed by atoms with Crippen LogP contribution < -0.4 is 14.3 Å². The number of nitrogens with zero attached hydrogens (tertiary/aromatic N) is 2. The average molecular weight is 392 g/mol. The summed E-state index contributed by atoms with van der Waals surface area (Å²) >= 11 is 1.07. The van der Waals surface area contributed by atoms with Crippen molar-refractivity contribution in [2.75, 3.05) is 14.2 Å². The first-order chi connectivity index (χ1) is 13.0. The van der Waals surface area contributed by atoms with Gasteiger partial charge in [0.05, 0.1) is 30.0 Å². The minimum atomic E-state index is -0.675. The molecular formula is C19H18F2N2O3S. The Labute approximate surface area is 158 Å². The smallest absolute Gasteiger partial charge is 0.283 e. The van der Waals surface area contributed by atoms with Gasteiger partial charge in [-0.1, -0.05) is 18.3 Å². The molecule has 0 unspecified atom stereocenters. The van der Waals surface area contributed by atoms with Crippen molar-refractivity contribution in [3.05, 3.63) is 52.3 Å². The van der Waals surface area contributed by atoms with E-state index >= 15 is 0 Å². The number of aryl methyl sites for hydroxylation is 1. The maximum Gasteiger partial charge on any atom is 0.283 e. The zero-order valence-corrected chi connectivity index (χ0v) is 15.9. The molecule has 5 nitrogen and oxygen atoms in total. The van der Waals surface area contributed by atoms with Gasteiger partial charge in [-0.05, 0) is 24.6 Å². The molecule has 0 aliphatic carbocycles. The minimum Gasteiger partial charge on any atom is -0.497 e. The summed E-state index contributed by atoms with van der Waals surface area (Å²) < 4.78 is 40.2. The van der Waals surface area contributed by atoms with E-state index in [0.29, 0.717) is 34.0 Å². The van der Waals surface area contributed by atoms with Crippen molar-refractivity contribution in [3.8, 4) is 11.5 Å². The van der Waals surface area contributed by atoms with E-state index in [-0.39, 0.29) is 11.1 Å². The van der Waals surface area contributed by atoms with Crippen molar-refractivity contribution in [1.82, 2.24) is 4.57 Å². The highest BCUT2D eigenvalue weighted by molar-refractivity contribution is 7.16. The van der Waals surface area contributed by atoms with E-state index in [4.69, 9.17) is 9.47 Å². The van der Waals surface area contributed by atoms with Crippen LogP contribution in [0.2, 0.25) is 0 Å². The molecule has 142 valence electrons. The van der Waals surface area contributed by atoms with Crippen LogP contribution in [0.5, 0.6) is 11.5 Å². The van der Waals surface area contributed by atoms with E-state index in [1.54, 1.807) is 22.8 Å². The summed E-state index contributed by atoms with van der Waals surface area (Å²) in [5.74, 6) is -1.01. The van der Waals surface area contributed by atoms with Gasteiger partial charge in [0.1, 0.15) is 17.3 Å². The van der Waals surface area contributed by atoms with Crippen LogP contribution in [0.25, 0.3) is 10.2 Å². The van der Waals surface area contributed by atoms with Gasteiger partial charge in [-0.2, -0.15) is 4.99 Å². The fraction of sp³-hybridized carbons (Fsp3) is 0.263. The van der Waals surface area contributed by atoms with Crippen molar-refractivity contribution in [2.24, 2.45) is 4.99 Å². The maximum absolute atomic E-state index is 14.3. The van der Waals surface area contributed by atoms with Crippen LogP contribution in [0.3, 0.4) is 0 Å². The molecule has 1 aromatic heterocycles. The predicted octanol–water partition coefficient (Wildman–Crippen LogP) is 4.15. The van der Waals surface area contributed by atoms with E-state index < -0.39 is 17.5 Å². The number of carbonyl (C=O) groups excluding carboxylic acids is 1. The van der Waals surface area contributed by atoms with Crippen LogP contribution in [0.1, 0.15) is 23.7 Å². The molecule has 0 aliphatic heterocycles. The van der Waals surface area contributed by atoms with Gasteiger partial charge in [-0.25, -0.2) is 8.78 Å². The second-order valence-electron chi connectivity index (χ2n) is 5.75. The van der Waals surface area contributed by atoms with Crippen molar-refractivity contribution < 1.29 is 23.0 Å². The molecule has 0 radical (unpaired) electrons. The van der Waals surface area contributed by atoms with Crippen molar-refractivity contribution >= 4 is 27.5 Å². The molecule has 0 spiro atoms. The third kappa shape index (κ3) is 3.71. The first-order valence-corrected chi connectivity index (χ1v) is 9.09. The molecule has 0 N–H and O–H groups in total. The van der Waals surface area contributed by atoms with Crippen LogP contribution in [0, 0.1) is 11.6 Å². The number of carbonyl (C=O) groups is 1. The normalized spacial score (nSPS) is 11.8. The zero-order chi connectivity index (χ0) is 19.6. The quantitative estimate of drug-likeness (QED) is 0.656. The molecule has 1 amide bonds. The average Bonchev–Trinajstić information content (AvgIpc) is 2.98. The topological polar surface area (TPSA) is 52.8 Å². The van der Waals surface area contributed by atoms with Gasteiger partial charge in [-0.15, -0.1) is 0 Å². The van der Waals surface area contributed by atoms with Crippen molar-refractivity contribution in [3.63, 3.8) is 0 Å². The first kappa shape index (κ1) is 19.0. The molecule has 3 rings (SSSR count). The van der Waals surface area contributed by atoms with Gasteiger partial charge >= 0.3 is 0 Å². The van der Waals surface area contributed by atoms with E-state index in [1.807, 2.05) is 6.92 Å². The number of aromatic nitrogens is 1. The van der Waals surface area contributed by atoms with Gasteiger partial charge in [0.2, 0.25) is 0 Å². The summed E-state index contributed by atoms with van der Waals surface area (Å²) in [4.78, 5) is 17.2. The summed E-state index contributed by atoms with van der Waals surface area (Å²) in [7, 11) is 2.96. The number of ether oxygens (including phenoxy) is 2. The Balaban J connectivity index is 2.17. The molecule has 0 bridgehead atoms. The number of benzene rings is 2. The fourth-order valence-corrected chi connectivity index (χ4v) is 3.86. The van der Waals surface area contributed by atoms with Crippen LogP contribution in [-0.4, -0.2) is 24.7 Å². The van der Waals surface area contributed by atoms with E-state index in [0.717, 1.165) is 17.4 Å². The minimum absolute atomic E-state index is 0.247. The highest BCUT2D eigenvalue weighted by Crippen LogP contribution is 2.26. The maximum atomic E-state index is 14.3. The Morgan fingerprint density at radius 2 is 1.96 bits per heavy atom. The highest BCUT2D eigenvalue weighted by atomic mass is 32.1. The molecule has 0 saturated heterocycles. The molecule has 0 atom stereocenters. The standard InChI is InChI=1S/C19H18F2N2O3S/c1-4-7-23-17-14(21)8-11(20)9-16(17)27-19(23)22-18(24)13-6-5-12(25-2)10-15(13)26-3/h5-6,8-10H,4,7H2,1-3H3. The molecule has 0 saturated carbocycles. The van der Waals surface area contributed by atoms with Gasteiger partial charge in [0, 0.05) is 18.7 Å². The SMILES string of the molecule is CCCn1c(=NC(=O)c2ccc(OC)cc2OC)sc2cc(F)cc(F)c21. The summed E-state index contributed by atoms with van der Waals surface area (Å²) in [6.07, 6.45) is 0.704. The van der Waals surface area contributed by atoms with Gasteiger partial charge < -0.3 is 14.0 Å². The zero-order valence-electron chi connectivity index (χ0n) is 15.1. The largest absolute Gasteiger partial charge is 0.497 e. The fourth-order valence-electron chi connectivity index (χ4n) is 2.77. The van der Waals surface area contributed by atoms with Crippen LogP contribution in [-0.2, 0) is 6.54 Å². The van der Waals surface area contributed by atoms with E-state index in [1.165, 1.54) is 20.3 Å². The number of hydrogen-bond donors (Lipinski definition) is 0. The lowest BCUT2D eigenvalue weighted by molar-refractivity contribution is 0.0995. The van der Waals surface area contributed by atoms with E-state index in [2.05, 4.69) is 4.99 Å². The molecule has 2 aromatic carbocycles. The molecule has 8 heteroatoms. The van der Waals surface area contributed by atoms with Crippen LogP contribution in [0.15, 0.2) is 35.3 Å². The monoisotopic (exact) mass is 392 g/mol. The molecule has 0 aliphatic rings. The van der Waals surface area contributed by atoms with Gasteiger partial charge in [-0.3, -0.25) is 4.79 Å². The first-order valence-electron chi connectivity index (χ1n) is 8.28. The Kier molecular flexibility index (Phi) is 5.55. The Morgan fingerprint density at radius 3 is 2.63 bits per heavy atom. The van der Waals surface area contributed by atoms with E-state index in [9.17, 15) is 13.6 Å². The molecule has 3 aromatic rings. The predicted molar refractivity (Wildman–Crippen MR) is 99.5 cm³/mol.